The third-order valence-corrected chi connectivity index (χ3v) is 4.97. The molecule has 1 nitrogen and oxygen atoms in total. The largest absolute Gasteiger partial charge is 0.388 e. The monoisotopic (exact) mass is 268 g/mol. The van der Waals surface area contributed by atoms with Crippen molar-refractivity contribution in [3.63, 3.8) is 0 Å². The fourth-order valence-corrected chi connectivity index (χ4v) is 4.01. The summed E-state index contributed by atoms with van der Waals surface area (Å²) < 4.78 is 13.7. The molecule has 1 N–H and O–H groups in total. The van der Waals surface area contributed by atoms with Crippen LogP contribution in [0.1, 0.15) is 43.8 Å². The fraction of sp³-hybridized carbons (Fsp3) is 0.600. The molecule has 0 aliphatic heterocycles. The van der Waals surface area contributed by atoms with Crippen LogP contribution >= 0.6 is 11.6 Å². The maximum Gasteiger partial charge on any atom is 0.130 e. The van der Waals surface area contributed by atoms with Gasteiger partial charge in [-0.15, -0.1) is 0 Å². The van der Waals surface area contributed by atoms with Crippen LogP contribution in [0.15, 0.2) is 18.2 Å². The summed E-state index contributed by atoms with van der Waals surface area (Å²) in [6.07, 6.45) is 5.20. The summed E-state index contributed by atoms with van der Waals surface area (Å²) in [5, 5.41) is 10.6. The van der Waals surface area contributed by atoms with Crippen LogP contribution in [0.25, 0.3) is 0 Å². The van der Waals surface area contributed by atoms with Crippen LogP contribution in [0.3, 0.4) is 0 Å². The van der Waals surface area contributed by atoms with Gasteiger partial charge in [0.2, 0.25) is 0 Å². The van der Waals surface area contributed by atoms with Gasteiger partial charge in [0.15, 0.2) is 0 Å². The maximum absolute atomic E-state index is 13.7. The minimum Gasteiger partial charge on any atom is -0.388 e. The first-order chi connectivity index (χ1) is 8.63. The zero-order valence-electron chi connectivity index (χ0n) is 10.3. The molecule has 0 radical (unpaired) electrons. The van der Waals surface area contributed by atoms with Crippen LogP contribution < -0.4 is 0 Å². The molecular formula is C15H18ClFO. The second-order valence-corrected chi connectivity index (χ2v) is 6.29. The molecule has 3 heteroatoms. The van der Waals surface area contributed by atoms with Crippen molar-refractivity contribution in [1.29, 1.82) is 0 Å². The quantitative estimate of drug-likeness (QED) is 0.865. The molecule has 2 fully saturated rings. The van der Waals surface area contributed by atoms with Gasteiger partial charge in [0, 0.05) is 10.6 Å². The zero-order valence-corrected chi connectivity index (χ0v) is 11.0. The van der Waals surface area contributed by atoms with Crippen molar-refractivity contribution >= 4 is 11.6 Å². The van der Waals surface area contributed by atoms with E-state index in [2.05, 4.69) is 0 Å². The van der Waals surface area contributed by atoms with Crippen LogP contribution in [-0.2, 0) is 0 Å². The summed E-state index contributed by atoms with van der Waals surface area (Å²) in [5.41, 5.74) is 0.391. The van der Waals surface area contributed by atoms with Gasteiger partial charge in [-0.2, -0.15) is 0 Å². The fourth-order valence-electron chi connectivity index (χ4n) is 3.85. The van der Waals surface area contributed by atoms with Gasteiger partial charge in [-0.3, -0.25) is 0 Å². The first-order valence-corrected chi connectivity index (χ1v) is 7.14. The van der Waals surface area contributed by atoms with E-state index in [9.17, 15) is 9.50 Å². The van der Waals surface area contributed by atoms with Gasteiger partial charge in [-0.1, -0.05) is 24.1 Å². The summed E-state index contributed by atoms with van der Waals surface area (Å²) >= 11 is 5.72. The molecule has 0 heterocycles. The number of hydrogen-bond acceptors (Lipinski definition) is 1. The molecule has 3 rings (SSSR count). The third kappa shape index (κ3) is 2.28. The molecule has 18 heavy (non-hydrogen) atoms. The van der Waals surface area contributed by atoms with Crippen LogP contribution in [0.4, 0.5) is 4.39 Å². The van der Waals surface area contributed by atoms with E-state index < -0.39 is 11.9 Å². The van der Waals surface area contributed by atoms with E-state index >= 15 is 0 Å². The predicted octanol–water partition coefficient (Wildman–Crippen LogP) is 4.34. The molecule has 4 atom stereocenters. The predicted molar refractivity (Wildman–Crippen MR) is 69.9 cm³/mol. The summed E-state index contributed by atoms with van der Waals surface area (Å²) in [5.74, 6) is 1.81. The molecule has 0 saturated heterocycles. The SMILES string of the molecule is OC(CC1CC2CCC1C2)c1ccc(Cl)cc1F. The third-order valence-electron chi connectivity index (χ3n) is 4.73. The number of aliphatic hydroxyl groups is 1. The van der Waals surface area contributed by atoms with E-state index in [1.54, 1.807) is 12.1 Å². The van der Waals surface area contributed by atoms with E-state index in [-0.39, 0.29) is 0 Å². The molecular weight excluding hydrogens is 251 g/mol. The molecule has 1 aromatic carbocycles. The van der Waals surface area contributed by atoms with E-state index in [0.29, 0.717) is 22.9 Å². The molecule has 2 aliphatic rings. The molecule has 0 aromatic heterocycles. The zero-order chi connectivity index (χ0) is 12.7. The Balaban J connectivity index is 1.69. The highest BCUT2D eigenvalue weighted by molar-refractivity contribution is 6.30. The van der Waals surface area contributed by atoms with Crippen LogP contribution in [0, 0.1) is 23.6 Å². The number of rotatable bonds is 3. The molecule has 2 aliphatic carbocycles. The number of hydrogen-bond donors (Lipinski definition) is 1. The number of benzene rings is 1. The van der Waals surface area contributed by atoms with Gasteiger partial charge < -0.3 is 5.11 Å². The standard InChI is InChI=1S/C15H18ClFO/c16-12-3-4-13(14(17)8-12)15(18)7-11-6-9-1-2-10(11)5-9/h3-4,8-11,15,18H,1-2,5-7H2. The molecule has 4 unspecified atom stereocenters. The topological polar surface area (TPSA) is 20.2 Å². The molecule has 98 valence electrons. The lowest BCUT2D eigenvalue weighted by Gasteiger charge is -2.24. The Morgan fingerprint density at radius 2 is 2.17 bits per heavy atom. The number of aliphatic hydroxyl groups excluding tert-OH is 1. The average molecular weight is 269 g/mol. The Morgan fingerprint density at radius 3 is 2.78 bits per heavy atom. The van der Waals surface area contributed by atoms with Crippen LogP contribution in [0.2, 0.25) is 5.02 Å². The summed E-state index contributed by atoms with van der Waals surface area (Å²) in [7, 11) is 0. The van der Waals surface area contributed by atoms with E-state index in [4.69, 9.17) is 11.6 Å². The van der Waals surface area contributed by atoms with Crippen molar-refractivity contribution in [3.8, 4) is 0 Å². The van der Waals surface area contributed by atoms with E-state index in [1.165, 1.54) is 31.7 Å². The van der Waals surface area contributed by atoms with Crippen molar-refractivity contribution in [2.45, 2.75) is 38.2 Å². The molecule has 2 saturated carbocycles. The van der Waals surface area contributed by atoms with E-state index in [1.807, 2.05) is 0 Å². The first kappa shape index (κ1) is 12.4. The summed E-state index contributed by atoms with van der Waals surface area (Å²) in [6.45, 7) is 0. The van der Waals surface area contributed by atoms with Gasteiger partial charge >= 0.3 is 0 Å². The molecule has 2 bridgehead atoms. The smallest absolute Gasteiger partial charge is 0.130 e. The van der Waals surface area contributed by atoms with Gasteiger partial charge in [0.05, 0.1) is 6.10 Å². The molecule has 1 aromatic rings. The maximum atomic E-state index is 13.7. The molecule has 0 amide bonds. The highest BCUT2D eigenvalue weighted by Crippen LogP contribution is 2.51. The number of halogens is 2. The second kappa shape index (κ2) is 4.82. The highest BCUT2D eigenvalue weighted by Gasteiger charge is 2.40. The Labute approximate surface area is 112 Å². The first-order valence-electron chi connectivity index (χ1n) is 6.76. The van der Waals surface area contributed by atoms with Gasteiger partial charge in [-0.25, -0.2) is 4.39 Å². The van der Waals surface area contributed by atoms with Crippen LogP contribution in [-0.4, -0.2) is 5.11 Å². The lowest BCUT2D eigenvalue weighted by molar-refractivity contribution is 0.122. The Bertz CT molecular complexity index is 448. The Kier molecular flexibility index (Phi) is 3.33. The van der Waals surface area contributed by atoms with E-state index in [0.717, 1.165) is 11.8 Å². The van der Waals surface area contributed by atoms with Crippen molar-refractivity contribution < 1.29 is 9.50 Å². The Hall–Kier alpha value is -0.600. The highest BCUT2D eigenvalue weighted by atomic mass is 35.5. The lowest BCUT2D eigenvalue weighted by Crippen LogP contribution is -2.15. The van der Waals surface area contributed by atoms with Crippen molar-refractivity contribution in [2.75, 3.05) is 0 Å². The van der Waals surface area contributed by atoms with Crippen molar-refractivity contribution in [3.05, 3.63) is 34.6 Å². The summed E-state index contributed by atoms with van der Waals surface area (Å²) in [4.78, 5) is 0. The van der Waals surface area contributed by atoms with Crippen LogP contribution in [0.5, 0.6) is 0 Å². The average Bonchev–Trinajstić information content (AvgIpc) is 2.90. The molecule has 0 spiro atoms. The second-order valence-electron chi connectivity index (χ2n) is 5.85. The minimum absolute atomic E-state index is 0.378. The van der Waals surface area contributed by atoms with Crippen molar-refractivity contribution in [1.82, 2.24) is 0 Å². The Morgan fingerprint density at radius 1 is 1.33 bits per heavy atom. The van der Waals surface area contributed by atoms with Gasteiger partial charge in [-0.05, 0) is 55.6 Å². The normalized spacial score (nSPS) is 31.8. The van der Waals surface area contributed by atoms with Gasteiger partial charge in [0.1, 0.15) is 5.82 Å². The lowest BCUT2D eigenvalue weighted by atomic mass is 9.83. The number of fused-ring (bicyclic) bond motifs is 2. The minimum atomic E-state index is -0.688. The van der Waals surface area contributed by atoms with Crippen molar-refractivity contribution in [2.24, 2.45) is 17.8 Å². The van der Waals surface area contributed by atoms with Gasteiger partial charge in [0.25, 0.3) is 0 Å². The summed E-state index contributed by atoms with van der Waals surface area (Å²) in [6, 6.07) is 4.53.